The average Bonchev–Trinajstić information content (AvgIpc) is 2.46. The smallest absolute Gasteiger partial charge is 0.0107 e. The van der Waals surface area contributed by atoms with Gasteiger partial charge in [0.1, 0.15) is 0 Å². The van der Waals surface area contributed by atoms with Crippen LogP contribution in [0.25, 0.3) is 0 Å². The van der Waals surface area contributed by atoms with E-state index in [1.54, 1.807) is 0 Å². The monoisotopic (exact) mass is 275 g/mol. The van der Waals surface area contributed by atoms with Gasteiger partial charge in [0.25, 0.3) is 0 Å². The van der Waals surface area contributed by atoms with Gasteiger partial charge in [0.05, 0.1) is 0 Å². The fourth-order valence-corrected chi connectivity index (χ4v) is 2.63. The third-order valence-corrected chi connectivity index (χ3v) is 3.94. The largest absolute Gasteiger partial charge is 0.314 e. The van der Waals surface area contributed by atoms with Gasteiger partial charge in [0.15, 0.2) is 0 Å². The minimum atomic E-state index is 0.652. The Balaban J connectivity index is 2.36. The first kappa shape index (κ1) is 17.2. The molecule has 0 aliphatic heterocycles. The van der Waals surface area contributed by atoms with Gasteiger partial charge >= 0.3 is 0 Å². The summed E-state index contributed by atoms with van der Waals surface area (Å²) in [5.41, 5.74) is 2.82. The van der Waals surface area contributed by atoms with Crippen molar-refractivity contribution < 1.29 is 0 Å². The lowest BCUT2D eigenvalue weighted by molar-refractivity contribution is 0.451. The number of hydrogen-bond donors (Lipinski definition) is 1. The number of rotatable bonds is 11. The van der Waals surface area contributed by atoms with Crippen molar-refractivity contribution in [3.05, 3.63) is 35.4 Å². The van der Waals surface area contributed by atoms with Gasteiger partial charge in [-0.2, -0.15) is 0 Å². The summed E-state index contributed by atoms with van der Waals surface area (Å²) in [6, 6.07) is 9.68. The van der Waals surface area contributed by atoms with Gasteiger partial charge in [-0.25, -0.2) is 0 Å². The van der Waals surface area contributed by atoms with Gasteiger partial charge < -0.3 is 5.32 Å². The molecule has 1 aromatic rings. The molecule has 1 rings (SSSR count). The lowest BCUT2D eigenvalue weighted by Gasteiger charge is -2.19. The molecule has 20 heavy (non-hydrogen) atoms. The summed E-state index contributed by atoms with van der Waals surface area (Å²) in [6.07, 6.45) is 10.6. The van der Waals surface area contributed by atoms with E-state index in [4.69, 9.17) is 0 Å². The molecule has 0 radical (unpaired) electrons. The summed E-state index contributed by atoms with van der Waals surface area (Å²) in [7, 11) is 0. The standard InChI is InChI=1S/C19H33N/c1-4-6-7-8-9-10-19(20-15-5-2)16-18-13-11-17(3)12-14-18/h11-14,19-20H,4-10,15-16H2,1-3H3. The second-order valence-corrected chi connectivity index (χ2v) is 6.04. The van der Waals surface area contributed by atoms with Crippen molar-refractivity contribution >= 4 is 0 Å². The van der Waals surface area contributed by atoms with Crippen molar-refractivity contribution in [3.8, 4) is 0 Å². The molecule has 1 heteroatoms. The maximum absolute atomic E-state index is 3.72. The SMILES string of the molecule is CCCCCCCC(Cc1ccc(C)cc1)NCCC. The molecule has 0 saturated carbocycles. The van der Waals surface area contributed by atoms with Crippen LogP contribution >= 0.6 is 0 Å². The Morgan fingerprint density at radius 1 is 0.900 bits per heavy atom. The highest BCUT2D eigenvalue weighted by Gasteiger charge is 2.08. The fraction of sp³-hybridized carbons (Fsp3) is 0.684. The van der Waals surface area contributed by atoms with Crippen LogP contribution in [0.3, 0.4) is 0 Å². The normalized spacial score (nSPS) is 12.6. The van der Waals surface area contributed by atoms with Crippen LogP contribution in [0.2, 0.25) is 0 Å². The molecule has 1 unspecified atom stereocenters. The summed E-state index contributed by atoms with van der Waals surface area (Å²) < 4.78 is 0. The highest BCUT2D eigenvalue weighted by atomic mass is 14.9. The van der Waals surface area contributed by atoms with E-state index in [0.29, 0.717) is 6.04 Å². The predicted molar refractivity (Wildman–Crippen MR) is 90.3 cm³/mol. The quantitative estimate of drug-likeness (QED) is 0.543. The van der Waals surface area contributed by atoms with Crippen molar-refractivity contribution in [2.75, 3.05) is 6.54 Å². The van der Waals surface area contributed by atoms with E-state index in [1.165, 1.54) is 62.5 Å². The molecule has 0 aliphatic rings. The molecule has 1 atom stereocenters. The van der Waals surface area contributed by atoms with E-state index in [2.05, 4.69) is 50.4 Å². The summed E-state index contributed by atoms with van der Waals surface area (Å²) in [6.45, 7) is 7.83. The first-order valence-electron chi connectivity index (χ1n) is 8.55. The van der Waals surface area contributed by atoms with Crippen LogP contribution in [-0.4, -0.2) is 12.6 Å². The van der Waals surface area contributed by atoms with Crippen LogP contribution in [0.15, 0.2) is 24.3 Å². The van der Waals surface area contributed by atoms with E-state index in [-0.39, 0.29) is 0 Å². The minimum absolute atomic E-state index is 0.652. The van der Waals surface area contributed by atoms with Gasteiger partial charge in [0, 0.05) is 6.04 Å². The maximum Gasteiger partial charge on any atom is 0.0107 e. The number of nitrogens with one attached hydrogen (secondary N) is 1. The highest BCUT2D eigenvalue weighted by molar-refractivity contribution is 5.22. The van der Waals surface area contributed by atoms with Crippen molar-refractivity contribution in [2.45, 2.75) is 78.2 Å². The maximum atomic E-state index is 3.72. The highest BCUT2D eigenvalue weighted by Crippen LogP contribution is 2.12. The summed E-state index contributed by atoms with van der Waals surface area (Å²) in [5.74, 6) is 0. The molecule has 0 aliphatic carbocycles. The Morgan fingerprint density at radius 3 is 2.25 bits per heavy atom. The van der Waals surface area contributed by atoms with E-state index < -0.39 is 0 Å². The molecule has 0 fully saturated rings. The second-order valence-electron chi connectivity index (χ2n) is 6.04. The van der Waals surface area contributed by atoms with Crippen molar-refractivity contribution in [1.82, 2.24) is 5.32 Å². The first-order valence-corrected chi connectivity index (χ1v) is 8.55. The summed E-state index contributed by atoms with van der Waals surface area (Å²) in [4.78, 5) is 0. The van der Waals surface area contributed by atoms with Gasteiger partial charge in [-0.3, -0.25) is 0 Å². The molecule has 1 nitrogen and oxygen atoms in total. The van der Waals surface area contributed by atoms with Gasteiger partial charge in [-0.1, -0.05) is 75.8 Å². The Hall–Kier alpha value is -0.820. The van der Waals surface area contributed by atoms with Crippen LogP contribution in [0.4, 0.5) is 0 Å². The van der Waals surface area contributed by atoms with Crippen LogP contribution < -0.4 is 5.32 Å². The second kappa shape index (κ2) is 10.9. The van der Waals surface area contributed by atoms with E-state index >= 15 is 0 Å². The topological polar surface area (TPSA) is 12.0 Å². The van der Waals surface area contributed by atoms with Crippen molar-refractivity contribution in [1.29, 1.82) is 0 Å². The third-order valence-electron chi connectivity index (χ3n) is 3.94. The lowest BCUT2D eigenvalue weighted by Crippen LogP contribution is -2.31. The van der Waals surface area contributed by atoms with Crippen LogP contribution in [-0.2, 0) is 6.42 Å². The Kier molecular flexibility index (Phi) is 9.40. The number of benzene rings is 1. The molecule has 0 saturated heterocycles. The average molecular weight is 275 g/mol. The molecule has 0 heterocycles. The van der Waals surface area contributed by atoms with Crippen LogP contribution in [0.1, 0.15) is 69.9 Å². The minimum Gasteiger partial charge on any atom is -0.314 e. The third kappa shape index (κ3) is 7.69. The molecule has 1 N–H and O–H groups in total. The van der Waals surface area contributed by atoms with Crippen molar-refractivity contribution in [2.24, 2.45) is 0 Å². The summed E-state index contributed by atoms with van der Waals surface area (Å²) >= 11 is 0. The zero-order chi connectivity index (χ0) is 14.6. The molecule has 1 aromatic carbocycles. The van der Waals surface area contributed by atoms with Crippen molar-refractivity contribution in [3.63, 3.8) is 0 Å². The first-order chi connectivity index (χ1) is 9.76. The molecular weight excluding hydrogens is 242 g/mol. The number of aryl methyl sites for hydroxylation is 1. The fourth-order valence-electron chi connectivity index (χ4n) is 2.63. The van der Waals surface area contributed by atoms with Gasteiger partial charge in [0.2, 0.25) is 0 Å². The Labute approximate surface area is 126 Å². The Bertz CT molecular complexity index is 328. The summed E-state index contributed by atoms with van der Waals surface area (Å²) in [5, 5.41) is 3.72. The van der Waals surface area contributed by atoms with Crippen LogP contribution in [0.5, 0.6) is 0 Å². The van der Waals surface area contributed by atoms with Crippen LogP contribution in [0, 0.1) is 6.92 Å². The van der Waals surface area contributed by atoms with E-state index in [1.807, 2.05) is 0 Å². The molecule has 114 valence electrons. The van der Waals surface area contributed by atoms with E-state index in [0.717, 1.165) is 6.54 Å². The molecule has 0 spiro atoms. The van der Waals surface area contributed by atoms with Gasteiger partial charge in [-0.05, 0) is 38.3 Å². The molecule has 0 amide bonds. The number of unbranched alkanes of at least 4 members (excludes halogenated alkanes) is 4. The van der Waals surface area contributed by atoms with E-state index in [9.17, 15) is 0 Å². The lowest BCUT2D eigenvalue weighted by atomic mass is 9.99. The Morgan fingerprint density at radius 2 is 1.60 bits per heavy atom. The van der Waals surface area contributed by atoms with Gasteiger partial charge in [-0.15, -0.1) is 0 Å². The number of hydrogen-bond acceptors (Lipinski definition) is 1. The molecule has 0 aromatic heterocycles. The predicted octanol–water partition coefficient (Wildman–Crippen LogP) is 5.27. The zero-order valence-corrected chi connectivity index (χ0v) is 13.8. The molecular formula is C19H33N. The zero-order valence-electron chi connectivity index (χ0n) is 13.8. The molecule has 0 bridgehead atoms.